The van der Waals surface area contributed by atoms with Crippen molar-refractivity contribution in [2.45, 2.75) is 38.1 Å². The Morgan fingerprint density at radius 2 is 1.76 bits per heavy atom. The highest BCUT2D eigenvalue weighted by Gasteiger charge is 2.42. The zero-order chi connectivity index (χ0) is 17.9. The van der Waals surface area contributed by atoms with Crippen molar-refractivity contribution < 1.29 is 14.3 Å². The molecule has 2 heterocycles. The van der Waals surface area contributed by atoms with Gasteiger partial charge in [-0.3, -0.25) is 9.59 Å². The van der Waals surface area contributed by atoms with E-state index in [0.29, 0.717) is 44.3 Å². The quantitative estimate of drug-likeness (QED) is 0.810. The molecule has 1 spiro atoms. The molecule has 2 fully saturated rings. The van der Waals surface area contributed by atoms with Crippen LogP contribution < -0.4 is 0 Å². The van der Waals surface area contributed by atoms with Gasteiger partial charge in [0.25, 0.3) is 0 Å². The van der Waals surface area contributed by atoms with Crippen molar-refractivity contribution in [3.8, 4) is 0 Å². The van der Waals surface area contributed by atoms with Crippen molar-refractivity contribution in [2.75, 3.05) is 32.8 Å². The second-order valence-corrected chi connectivity index (χ2v) is 7.38. The van der Waals surface area contributed by atoms with Gasteiger partial charge in [-0.1, -0.05) is 23.7 Å². The molecule has 2 amide bonds. The molecule has 1 aromatic carbocycles. The first kappa shape index (κ1) is 18.2. The van der Waals surface area contributed by atoms with E-state index in [4.69, 9.17) is 16.3 Å². The van der Waals surface area contributed by atoms with Gasteiger partial charge in [0.15, 0.2) is 0 Å². The third-order valence-corrected chi connectivity index (χ3v) is 5.69. The lowest BCUT2D eigenvalue weighted by Gasteiger charge is -2.44. The molecular weight excluding hydrogens is 340 g/mol. The summed E-state index contributed by atoms with van der Waals surface area (Å²) >= 11 is 5.90. The Kier molecular flexibility index (Phi) is 5.64. The maximum atomic E-state index is 12.7. The molecule has 0 bridgehead atoms. The van der Waals surface area contributed by atoms with Crippen LogP contribution in [0.15, 0.2) is 24.3 Å². The summed E-state index contributed by atoms with van der Waals surface area (Å²) in [6.07, 6.45) is 2.90. The third-order valence-electron chi connectivity index (χ3n) is 5.44. The van der Waals surface area contributed by atoms with E-state index >= 15 is 0 Å². The van der Waals surface area contributed by atoms with Gasteiger partial charge in [0.05, 0.1) is 6.42 Å². The molecule has 6 heteroatoms. The summed E-state index contributed by atoms with van der Waals surface area (Å²) in [6, 6.07) is 7.39. The van der Waals surface area contributed by atoms with Crippen molar-refractivity contribution >= 4 is 23.4 Å². The number of nitrogens with zero attached hydrogens (tertiary/aromatic N) is 2. The number of carbonyl (C=O) groups excluding carboxylic acids is 2. The summed E-state index contributed by atoms with van der Waals surface area (Å²) < 4.78 is 5.50. The monoisotopic (exact) mass is 364 g/mol. The molecule has 5 nitrogen and oxygen atoms in total. The first-order valence-electron chi connectivity index (χ1n) is 8.88. The number of hydrogen-bond donors (Lipinski definition) is 0. The molecule has 0 saturated carbocycles. The van der Waals surface area contributed by atoms with Crippen LogP contribution in [0.3, 0.4) is 0 Å². The Morgan fingerprint density at radius 3 is 2.40 bits per heavy atom. The maximum Gasteiger partial charge on any atom is 0.227 e. The third kappa shape index (κ3) is 4.15. The van der Waals surface area contributed by atoms with Gasteiger partial charge in [0.1, 0.15) is 0 Å². The van der Waals surface area contributed by atoms with Gasteiger partial charge < -0.3 is 14.5 Å². The summed E-state index contributed by atoms with van der Waals surface area (Å²) in [7, 11) is 0. The van der Waals surface area contributed by atoms with Crippen LogP contribution >= 0.6 is 11.6 Å². The topological polar surface area (TPSA) is 49.9 Å². The van der Waals surface area contributed by atoms with Crippen LogP contribution in [0.25, 0.3) is 0 Å². The molecule has 0 unspecified atom stereocenters. The molecule has 0 atom stereocenters. The van der Waals surface area contributed by atoms with Crippen LogP contribution in [0.4, 0.5) is 0 Å². The van der Waals surface area contributed by atoms with Crippen molar-refractivity contribution in [3.05, 3.63) is 34.9 Å². The van der Waals surface area contributed by atoms with E-state index in [2.05, 4.69) is 0 Å². The number of hydrogen-bond acceptors (Lipinski definition) is 3. The van der Waals surface area contributed by atoms with E-state index < -0.39 is 0 Å². The van der Waals surface area contributed by atoms with Gasteiger partial charge in [-0.2, -0.15) is 0 Å². The average molecular weight is 365 g/mol. The lowest BCUT2D eigenvalue weighted by molar-refractivity contribution is -0.139. The van der Waals surface area contributed by atoms with Gasteiger partial charge in [-0.25, -0.2) is 0 Å². The Labute approximate surface area is 153 Å². The van der Waals surface area contributed by atoms with Crippen LogP contribution in [-0.4, -0.2) is 60.0 Å². The molecule has 0 radical (unpaired) electrons. The second-order valence-electron chi connectivity index (χ2n) is 6.94. The molecule has 25 heavy (non-hydrogen) atoms. The molecular formula is C19H25ClN2O3. The first-order valence-corrected chi connectivity index (χ1v) is 9.26. The van der Waals surface area contributed by atoms with Crippen LogP contribution in [0.1, 0.15) is 31.7 Å². The lowest BCUT2D eigenvalue weighted by atomic mass is 9.84. The number of benzene rings is 1. The molecule has 1 aromatic rings. The fraction of sp³-hybridized carbons (Fsp3) is 0.579. The molecule has 0 aromatic heterocycles. The van der Waals surface area contributed by atoms with Crippen molar-refractivity contribution in [2.24, 2.45) is 0 Å². The van der Waals surface area contributed by atoms with Crippen molar-refractivity contribution in [1.82, 2.24) is 9.80 Å². The van der Waals surface area contributed by atoms with Crippen LogP contribution in [0.2, 0.25) is 5.02 Å². The lowest BCUT2D eigenvalue weighted by Crippen LogP contribution is -2.54. The van der Waals surface area contributed by atoms with Crippen molar-refractivity contribution in [1.29, 1.82) is 0 Å². The standard InChI is InChI=1S/C19H25ClN2O3/c1-15(23)22-11-10-21(9-6-19(22)7-12-25-13-8-19)18(24)14-16-2-4-17(20)5-3-16/h2-5H,6-14H2,1H3. The van der Waals surface area contributed by atoms with E-state index in [1.54, 1.807) is 19.1 Å². The van der Waals surface area contributed by atoms with Crippen LogP contribution in [-0.2, 0) is 20.7 Å². The van der Waals surface area contributed by atoms with E-state index in [-0.39, 0.29) is 17.4 Å². The molecule has 136 valence electrons. The fourth-order valence-corrected chi connectivity index (χ4v) is 4.07. The number of carbonyl (C=O) groups is 2. The van der Waals surface area contributed by atoms with Crippen LogP contribution in [0, 0.1) is 0 Å². The van der Waals surface area contributed by atoms with Gasteiger partial charge in [0, 0.05) is 50.3 Å². The smallest absolute Gasteiger partial charge is 0.227 e. The predicted molar refractivity (Wildman–Crippen MR) is 96.5 cm³/mol. The van der Waals surface area contributed by atoms with E-state index in [9.17, 15) is 9.59 Å². The van der Waals surface area contributed by atoms with Gasteiger partial charge in [-0.15, -0.1) is 0 Å². The Morgan fingerprint density at radius 1 is 1.08 bits per heavy atom. The normalized spacial score (nSPS) is 20.4. The molecule has 2 aliphatic heterocycles. The van der Waals surface area contributed by atoms with E-state index in [1.807, 2.05) is 21.9 Å². The minimum atomic E-state index is -0.153. The number of amides is 2. The summed E-state index contributed by atoms with van der Waals surface area (Å²) in [5.74, 6) is 0.198. The first-order chi connectivity index (χ1) is 12.0. The highest BCUT2D eigenvalue weighted by Crippen LogP contribution is 2.33. The largest absolute Gasteiger partial charge is 0.381 e. The van der Waals surface area contributed by atoms with E-state index in [1.165, 1.54) is 0 Å². The van der Waals surface area contributed by atoms with Crippen molar-refractivity contribution in [3.63, 3.8) is 0 Å². The molecule has 0 N–H and O–H groups in total. The van der Waals surface area contributed by atoms with E-state index in [0.717, 1.165) is 24.8 Å². The maximum absolute atomic E-state index is 12.7. The Bertz CT molecular complexity index is 626. The van der Waals surface area contributed by atoms with Gasteiger partial charge >= 0.3 is 0 Å². The zero-order valence-electron chi connectivity index (χ0n) is 14.7. The summed E-state index contributed by atoms with van der Waals surface area (Å²) in [5.41, 5.74) is 0.808. The molecule has 0 aliphatic carbocycles. The highest BCUT2D eigenvalue weighted by molar-refractivity contribution is 6.30. The van der Waals surface area contributed by atoms with Crippen LogP contribution in [0.5, 0.6) is 0 Å². The summed E-state index contributed by atoms with van der Waals surface area (Å²) in [6.45, 7) is 4.87. The zero-order valence-corrected chi connectivity index (χ0v) is 15.4. The minimum Gasteiger partial charge on any atom is -0.381 e. The number of ether oxygens (including phenoxy) is 1. The minimum absolute atomic E-state index is 0.0916. The highest BCUT2D eigenvalue weighted by atomic mass is 35.5. The summed E-state index contributed by atoms with van der Waals surface area (Å²) in [5, 5.41) is 0.671. The molecule has 2 saturated heterocycles. The van der Waals surface area contributed by atoms with Gasteiger partial charge in [-0.05, 0) is 37.0 Å². The SMILES string of the molecule is CC(=O)N1CCN(C(=O)Cc2ccc(Cl)cc2)CCC12CCOCC2. The Hall–Kier alpha value is -1.59. The predicted octanol–water partition coefficient (Wildman–Crippen LogP) is 2.51. The second kappa shape index (κ2) is 7.75. The number of rotatable bonds is 2. The van der Waals surface area contributed by atoms with Gasteiger partial charge in [0.2, 0.25) is 11.8 Å². The fourth-order valence-electron chi connectivity index (χ4n) is 3.95. The molecule has 2 aliphatic rings. The average Bonchev–Trinajstić information content (AvgIpc) is 2.78. The number of halogens is 1. The Balaban J connectivity index is 1.69. The molecule has 3 rings (SSSR count). The summed E-state index contributed by atoms with van der Waals surface area (Å²) in [4.78, 5) is 28.8.